The molecule has 0 aromatic rings. The van der Waals surface area contributed by atoms with Gasteiger partial charge in [-0.3, -0.25) is 9.59 Å². The molecule has 4 aliphatic rings. The standard InChI is InChI=1S/C26H43NO5/c1-15(4-9-23(30)27-14-24(31)32)19-7-8-20-18-6-5-16-12-17(28)10-11-25(16,2)21(18)13-22(29)26(19,20)3/h15-22,28-29H,4-14H2,1-3H3,(H,27,30)(H,31,32)/t15-,16+,17-,18-,19-,20+,21+,22+,25+,26-/m1/s1. The van der Waals surface area contributed by atoms with Gasteiger partial charge in [-0.15, -0.1) is 0 Å². The maximum absolute atomic E-state index is 12.0. The molecule has 6 heteroatoms. The maximum Gasteiger partial charge on any atom is 0.322 e. The number of amides is 1. The number of fused-ring (bicyclic) bond motifs is 5. The molecule has 0 aliphatic heterocycles. The second-order valence-electron chi connectivity index (χ2n) is 12.1. The Labute approximate surface area is 192 Å². The van der Waals surface area contributed by atoms with Crippen LogP contribution in [0.2, 0.25) is 0 Å². The van der Waals surface area contributed by atoms with E-state index in [4.69, 9.17) is 5.11 Å². The maximum atomic E-state index is 12.0. The molecule has 182 valence electrons. The van der Waals surface area contributed by atoms with Crippen LogP contribution in [-0.2, 0) is 9.59 Å². The number of hydrogen-bond donors (Lipinski definition) is 4. The zero-order valence-electron chi connectivity index (χ0n) is 20.1. The van der Waals surface area contributed by atoms with Gasteiger partial charge < -0.3 is 20.6 Å². The van der Waals surface area contributed by atoms with Crippen molar-refractivity contribution in [1.82, 2.24) is 5.32 Å². The summed E-state index contributed by atoms with van der Waals surface area (Å²) >= 11 is 0. The predicted octanol–water partition coefficient (Wildman–Crippen LogP) is 3.59. The van der Waals surface area contributed by atoms with Gasteiger partial charge in [-0.25, -0.2) is 0 Å². The highest BCUT2D eigenvalue weighted by atomic mass is 16.4. The third kappa shape index (κ3) is 4.00. The van der Waals surface area contributed by atoms with Gasteiger partial charge in [0.1, 0.15) is 6.54 Å². The molecule has 1 amide bonds. The Balaban J connectivity index is 1.45. The number of rotatable bonds is 6. The second kappa shape index (κ2) is 8.90. The summed E-state index contributed by atoms with van der Waals surface area (Å²) in [5.74, 6) is 1.84. The lowest BCUT2D eigenvalue weighted by molar-refractivity contribution is -0.175. The van der Waals surface area contributed by atoms with Crippen molar-refractivity contribution in [3.63, 3.8) is 0 Å². The molecule has 4 fully saturated rings. The van der Waals surface area contributed by atoms with Crippen LogP contribution in [0.15, 0.2) is 0 Å². The quantitative estimate of drug-likeness (QED) is 0.496. The number of carbonyl (C=O) groups excluding carboxylic acids is 1. The Hall–Kier alpha value is -1.14. The smallest absolute Gasteiger partial charge is 0.322 e. The summed E-state index contributed by atoms with van der Waals surface area (Å²) in [5.41, 5.74) is 0.145. The number of aliphatic carboxylic acids is 1. The third-order valence-electron chi connectivity index (χ3n) is 10.8. The average Bonchev–Trinajstić information content (AvgIpc) is 3.10. The third-order valence-corrected chi connectivity index (χ3v) is 10.8. The fourth-order valence-corrected chi connectivity index (χ4v) is 8.98. The largest absolute Gasteiger partial charge is 0.480 e. The zero-order valence-corrected chi connectivity index (χ0v) is 20.1. The van der Waals surface area contributed by atoms with Crippen molar-refractivity contribution < 1.29 is 24.9 Å². The Morgan fingerprint density at radius 2 is 1.78 bits per heavy atom. The molecule has 0 radical (unpaired) electrons. The van der Waals surface area contributed by atoms with E-state index in [0.29, 0.717) is 41.9 Å². The molecular formula is C26H43NO5. The number of aliphatic hydroxyl groups excluding tert-OH is 2. The highest BCUT2D eigenvalue weighted by molar-refractivity contribution is 5.81. The van der Waals surface area contributed by atoms with Crippen LogP contribution in [0.5, 0.6) is 0 Å². The highest BCUT2D eigenvalue weighted by Gasteiger charge is 2.63. The van der Waals surface area contributed by atoms with E-state index >= 15 is 0 Å². The van der Waals surface area contributed by atoms with Crippen LogP contribution in [0.1, 0.15) is 85.0 Å². The van der Waals surface area contributed by atoms with Crippen LogP contribution in [0, 0.1) is 46.3 Å². The zero-order chi connectivity index (χ0) is 23.3. The monoisotopic (exact) mass is 449 g/mol. The predicted molar refractivity (Wildman–Crippen MR) is 122 cm³/mol. The van der Waals surface area contributed by atoms with Gasteiger partial charge in [-0.2, -0.15) is 0 Å². The molecular weight excluding hydrogens is 406 g/mol. The molecule has 4 aliphatic carbocycles. The molecule has 0 unspecified atom stereocenters. The van der Waals surface area contributed by atoms with E-state index < -0.39 is 5.97 Å². The number of aliphatic hydroxyl groups is 2. The van der Waals surface area contributed by atoms with E-state index in [-0.39, 0.29) is 35.5 Å². The molecule has 0 heterocycles. The number of carbonyl (C=O) groups is 2. The Bertz CT molecular complexity index is 727. The molecule has 4 rings (SSSR count). The fourth-order valence-electron chi connectivity index (χ4n) is 8.98. The van der Waals surface area contributed by atoms with Gasteiger partial charge in [0.15, 0.2) is 0 Å². The van der Waals surface area contributed by atoms with E-state index in [1.807, 2.05) is 0 Å². The van der Waals surface area contributed by atoms with Crippen molar-refractivity contribution in [2.24, 2.45) is 46.3 Å². The van der Waals surface area contributed by atoms with Gasteiger partial charge in [0.2, 0.25) is 5.91 Å². The Morgan fingerprint density at radius 1 is 1.03 bits per heavy atom. The highest BCUT2D eigenvalue weighted by Crippen LogP contribution is 2.68. The fraction of sp³-hybridized carbons (Fsp3) is 0.923. The van der Waals surface area contributed by atoms with Crippen molar-refractivity contribution >= 4 is 11.9 Å². The molecule has 0 spiro atoms. The topological polar surface area (TPSA) is 107 Å². The first-order valence-electron chi connectivity index (χ1n) is 12.9. The van der Waals surface area contributed by atoms with Crippen LogP contribution >= 0.6 is 0 Å². The summed E-state index contributed by atoms with van der Waals surface area (Å²) < 4.78 is 0. The van der Waals surface area contributed by atoms with Crippen LogP contribution in [0.3, 0.4) is 0 Å². The van der Waals surface area contributed by atoms with Gasteiger partial charge in [-0.05, 0) is 104 Å². The van der Waals surface area contributed by atoms with E-state index in [2.05, 4.69) is 26.1 Å². The van der Waals surface area contributed by atoms with Crippen LogP contribution in [-0.4, -0.2) is 45.9 Å². The lowest BCUT2D eigenvalue weighted by Crippen LogP contribution is -2.58. The van der Waals surface area contributed by atoms with Crippen molar-refractivity contribution in [3.05, 3.63) is 0 Å². The Morgan fingerprint density at radius 3 is 2.50 bits per heavy atom. The van der Waals surface area contributed by atoms with Crippen LogP contribution in [0.25, 0.3) is 0 Å². The molecule has 0 bridgehead atoms. The van der Waals surface area contributed by atoms with Crippen molar-refractivity contribution in [3.8, 4) is 0 Å². The van der Waals surface area contributed by atoms with Gasteiger partial charge in [-0.1, -0.05) is 20.8 Å². The van der Waals surface area contributed by atoms with Crippen molar-refractivity contribution in [2.75, 3.05) is 6.54 Å². The van der Waals surface area contributed by atoms with E-state index in [0.717, 1.165) is 44.9 Å². The minimum absolute atomic E-state index is 0.102. The first kappa shape index (κ1) is 24.0. The molecule has 10 atom stereocenters. The molecule has 0 aromatic carbocycles. The lowest BCUT2D eigenvalue weighted by atomic mass is 9.43. The van der Waals surface area contributed by atoms with Gasteiger partial charge in [0.05, 0.1) is 12.2 Å². The normalized spacial score (nSPS) is 46.5. The van der Waals surface area contributed by atoms with Crippen LogP contribution < -0.4 is 5.32 Å². The summed E-state index contributed by atoms with van der Waals surface area (Å²) in [6.45, 7) is 6.65. The van der Waals surface area contributed by atoms with Gasteiger partial charge in [0, 0.05) is 6.42 Å². The van der Waals surface area contributed by atoms with Crippen molar-refractivity contribution in [1.29, 1.82) is 0 Å². The van der Waals surface area contributed by atoms with Gasteiger partial charge in [0.25, 0.3) is 0 Å². The molecule has 0 saturated heterocycles. The minimum Gasteiger partial charge on any atom is -0.480 e. The molecule has 32 heavy (non-hydrogen) atoms. The summed E-state index contributed by atoms with van der Waals surface area (Å²) in [7, 11) is 0. The van der Waals surface area contributed by atoms with E-state index in [1.165, 1.54) is 12.8 Å². The molecule has 6 nitrogen and oxygen atoms in total. The lowest BCUT2D eigenvalue weighted by Gasteiger charge is -2.62. The molecule has 4 N–H and O–H groups in total. The number of hydrogen-bond acceptors (Lipinski definition) is 4. The van der Waals surface area contributed by atoms with Gasteiger partial charge >= 0.3 is 5.97 Å². The number of carboxylic acids is 1. The summed E-state index contributed by atoms with van der Waals surface area (Å²) in [5, 5.41) is 33.0. The minimum atomic E-state index is -1.02. The SMILES string of the molecule is C[C@H](CCC(=O)NCC(=O)O)[C@H]1CC[C@H]2[C@H]3CC[C@H]4C[C@H](O)CC[C@]4(C)[C@H]3C[C@H](O)[C@]12C. The molecule has 4 saturated carbocycles. The average molecular weight is 450 g/mol. The molecule has 0 aromatic heterocycles. The first-order valence-corrected chi connectivity index (χ1v) is 12.9. The van der Waals surface area contributed by atoms with E-state index in [9.17, 15) is 19.8 Å². The Kier molecular flexibility index (Phi) is 6.68. The van der Waals surface area contributed by atoms with Crippen molar-refractivity contribution in [2.45, 2.75) is 97.2 Å². The van der Waals surface area contributed by atoms with Crippen LogP contribution in [0.4, 0.5) is 0 Å². The number of nitrogens with one attached hydrogen (secondary N) is 1. The second-order valence-corrected chi connectivity index (χ2v) is 12.1. The summed E-state index contributed by atoms with van der Waals surface area (Å²) in [6, 6.07) is 0. The summed E-state index contributed by atoms with van der Waals surface area (Å²) in [4.78, 5) is 22.7. The summed E-state index contributed by atoms with van der Waals surface area (Å²) in [6.07, 6.45) is 9.12. The number of carboxylic acid groups (broad SMARTS) is 1. The first-order chi connectivity index (χ1) is 15.1. The van der Waals surface area contributed by atoms with E-state index in [1.54, 1.807) is 0 Å².